The topological polar surface area (TPSA) is 66.4 Å². The second-order valence-corrected chi connectivity index (χ2v) is 5.25. The van der Waals surface area contributed by atoms with E-state index < -0.39 is 11.8 Å². The van der Waals surface area contributed by atoms with Crippen molar-refractivity contribution in [3.8, 4) is 0 Å². The summed E-state index contributed by atoms with van der Waals surface area (Å²) >= 11 is 0. The first-order chi connectivity index (χ1) is 10.1. The van der Waals surface area contributed by atoms with Crippen LogP contribution in [-0.4, -0.2) is 23.5 Å². The third-order valence-electron chi connectivity index (χ3n) is 3.44. The average molecular weight is 291 g/mol. The molecule has 0 radical (unpaired) electrons. The van der Waals surface area contributed by atoms with Crippen LogP contribution in [0.15, 0.2) is 24.3 Å². The molecule has 5 heteroatoms. The van der Waals surface area contributed by atoms with Gasteiger partial charge in [0, 0.05) is 23.7 Å². The maximum Gasteiger partial charge on any atom is 0.328 e. The lowest BCUT2D eigenvalue weighted by molar-refractivity contribution is -0.131. The molecular weight excluding hydrogens is 273 g/mol. The molecule has 0 aliphatic heterocycles. The molecule has 0 saturated heterocycles. The molecule has 1 aliphatic carbocycles. The summed E-state index contributed by atoms with van der Waals surface area (Å²) in [6.45, 7) is 0.595. The van der Waals surface area contributed by atoms with Crippen molar-refractivity contribution in [3.05, 3.63) is 41.2 Å². The predicted octanol–water partition coefficient (Wildman–Crippen LogP) is 2.84. The highest BCUT2D eigenvalue weighted by Gasteiger charge is 2.20. The summed E-state index contributed by atoms with van der Waals surface area (Å²) in [5.74, 6) is -1.23. The Bertz CT molecular complexity index is 565. The Kier molecular flexibility index (Phi) is 5.09. The lowest BCUT2D eigenvalue weighted by Crippen LogP contribution is -2.24. The zero-order valence-corrected chi connectivity index (χ0v) is 11.6. The number of benzene rings is 1. The third-order valence-corrected chi connectivity index (χ3v) is 3.44. The number of hydrogen-bond donors (Lipinski definition) is 2. The molecule has 0 spiro atoms. The number of carbonyl (C=O) groups excluding carboxylic acids is 1. The molecule has 21 heavy (non-hydrogen) atoms. The molecular formula is C16H18FNO3. The SMILES string of the molecule is O=C(O)/C=C/c1ccc(C(=O)NCCCC2CC2)cc1F. The van der Waals surface area contributed by atoms with Crippen LogP contribution in [0.3, 0.4) is 0 Å². The van der Waals surface area contributed by atoms with E-state index in [1.165, 1.54) is 25.0 Å². The number of amides is 1. The average Bonchev–Trinajstić information content (AvgIpc) is 3.26. The number of carboxylic acid groups (broad SMARTS) is 1. The van der Waals surface area contributed by atoms with Crippen molar-refractivity contribution < 1.29 is 19.1 Å². The summed E-state index contributed by atoms with van der Waals surface area (Å²) in [5.41, 5.74) is 0.383. The summed E-state index contributed by atoms with van der Waals surface area (Å²) in [5, 5.41) is 11.3. The third kappa shape index (κ3) is 5.02. The lowest BCUT2D eigenvalue weighted by Gasteiger charge is -2.06. The molecule has 1 aromatic carbocycles. The highest BCUT2D eigenvalue weighted by molar-refractivity contribution is 5.94. The smallest absolute Gasteiger partial charge is 0.328 e. The van der Waals surface area contributed by atoms with Gasteiger partial charge in [-0.05, 0) is 37.0 Å². The molecule has 1 aliphatic rings. The summed E-state index contributed by atoms with van der Waals surface area (Å²) in [7, 11) is 0. The van der Waals surface area contributed by atoms with Crippen molar-refractivity contribution in [2.45, 2.75) is 25.7 Å². The molecule has 0 unspecified atom stereocenters. The first-order valence-electron chi connectivity index (χ1n) is 7.05. The van der Waals surface area contributed by atoms with Crippen molar-refractivity contribution >= 4 is 18.0 Å². The fraction of sp³-hybridized carbons (Fsp3) is 0.375. The van der Waals surface area contributed by atoms with E-state index >= 15 is 0 Å². The van der Waals surface area contributed by atoms with Crippen LogP contribution >= 0.6 is 0 Å². The van der Waals surface area contributed by atoms with Crippen LogP contribution in [0.5, 0.6) is 0 Å². The van der Waals surface area contributed by atoms with Crippen molar-refractivity contribution in [3.63, 3.8) is 0 Å². The van der Waals surface area contributed by atoms with Crippen LogP contribution in [0.25, 0.3) is 6.08 Å². The maximum absolute atomic E-state index is 13.7. The first kappa shape index (κ1) is 15.2. The fourth-order valence-corrected chi connectivity index (χ4v) is 2.07. The second kappa shape index (κ2) is 7.02. The Morgan fingerprint density at radius 1 is 1.38 bits per heavy atom. The monoisotopic (exact) mass is 291 g/mol. The number of hydrogen-bond acceptors (Lipinski definition) is 2. The highest BCUT2D eigenvalue weighted by atomic mass is 19.1. The van der Waals surface area contributed by atoms with E-state index in [2.05, 4.69) is 5.32 Å². The number of carboxylic acids is 1. The van der Waals surface area contributed by atoms with Gasteiger partial charge >= 0.3 is 5.97 Å². The van der Waals surface area contributed by atoms with Crippen LogP contribution in [0.1, 0.15) is 41.6 Å². The quantitative estimate of drug-likeness (QED) is 0.599. The Hall–Kier alpha value is -2.17. The van der Waals surface area contributed by atoms with Crippen LogP contribution < -0.4 is 5.32 Å². The second-order valence-electron chi connectivity index (χ2n) is 5.25. The van der Waals surface area contributed by atoms with E-state index in [-0.39, 0.29) is 17.0 Å². The maximum atomic E-state index is 13.7. The van der Waals surface area contributed by atoms with Gasteiger partial charge in [0.15, 0.2) is 0 Å². The number of halogens is 1. The number of aliphatic carboxylic acids is 1. The molecule has 2 N–H and O–H groups in total. The molecule has 1 fully saturated rings. The van der Waals surface area contributed by atoms with E-state index in [9.17, 15) is 14.0 Å². The molecule has 4 nitrogen and oxygen atoms in total. The normalized spacial score (nSPS) is 14.3. The number of carbonyl (C=O) groups is 2. The molecule has 1 amide bonds. The molecule has 0 heterocycles. The van der Waals surface area contributed by atoms with E-state index in [1.54, 1.807) is 0 Å². The van der Waals surface area contributed by atoms with E-state index in [0.717, 1.165) is 37.0 Å². The van der Waals surface area contributed by atoms with Gasteiger partial charge in [0.25, 0.3) is 5.91 Å². The molecule has 2 rings (SSSR count). The lowest BCUT2D eigenvalue weighted by atomic mass is 10.1. The molecule has 1 aromatic rings. The van der Waals surface area contributed by atoms with E-state index in [0.29, 0.717) is 6.54 Å². The van der Waals surface area contributed by atoms with Gasteiger partial charge in [-0.2, -0.15) is 0 Å². The number of rotatable bonds is 7. The van der Waals surface area contributed by atoms with Crippen molar-refractivity contribution in [2.24, 2.45) is 5.92 Å². The van der Waals surface area contributed by atoms with Gasteiger partial charge in [0.1, 0.15) is 5.82 Å². The van der Waals surface area contributed by atoms with Crippen LogP contribution in [0.4, 0.5) is 4.39 Å². The van der Waals surface area contributed by atoms with Crippen molar-refractivity contribution in [1.29, 1.82) is 0 Å². The fourth-order valence-electron chi connectivity index (χ4n) is 2.07. The van der Waals surface area contributed by atoms with Gasteiger partial charge < -0.3 is 10.4 Å². The van der Waals surface area contributed by atoms with Crippen LogP contribution in [0, 0.1) is 11.7 Å². The van der Waals surface area contributed by atoms with Gasteiger partial charge in [-0.15, -0.1) is 0 Å². The minimum atomic E-state index is -1.15. The summed E-state index contributed by atoms with van der Waals surface area (Å²) in [4.78, 5) is 22.2. The number of nitrogens with one attached hydrogen (secondary N) is 1. The summed E-state index contributed by atoms with van der Waals surface area (Å²) in [6.07, 6.45) is 6.69. The Morgan fingerprint density at radius 2 is 2.14 bits per heavy atom. The molecule has 1 saturated carbocycles. The highest BCUT2D eigenvalue weighted by Crippen LogP contribution is 2.33. The van der Waals surface area contributed by atoms with Gasteiger partial charge in [-0.3, -0.25) is 4.79 Å². The van der Waals surface area contributed by atoms with Gasteiger partial charge in [0.05, 0.1) is 0 Å². The molecule has 0 aromatic heterocycles. The van der Waals surface area contributed by atoms with Crippen molar-refractivity contribution in [2.75, 3.05) is 6.54 Å². The van der Waals surface area contributed by atoms with Gasteiger partial charge in [-0.25, -0.2) is 9.18 Å². The van der Waals surface area contributed by atoms with Crippen molar-refractivity contribution in [1.82, 2.24) is 5.32 Å². The standard InChI is InChI=1S/C16H18FNO3/c17-14-10-13(6-5-12(14)7-8-15(19)20)16(21)18-9-1-2-11-3-4-11/h5-8,10-11H,1-4,9H2,(H,18,21)(H,19,20)/b8-7+. The van der Waals surface area contributed by atoms with Gasteiger partial charge in [-0.1, -0.05) is 18.9 Å². The van der Waals surface area contributed by atoms with E-state index in [4.69, 9.17) is 5.11 Å². The Labute approximate surface area is 122 Å². The minimum Gasteiger partial charge on any atom is -0.478 e. The summed E-state index contributed by atoms with van der Waals surface area (Å²) < 4.78 is 13.7. The molecule has 0 atom stereocenters. The largest absolute Gasteiger partial charge is 0.478 e. The predicted molar refractivity (Wildman–Crippen MR) is 77.4 cm³/mol. The molecule has 112 valence electrons. The minimum absolute atomic E-state index is 0.141. The van der Waals surface area contributed by atoms with E-state index in [1.807, 2.05) is 0 Å². The Morgan fingerprint density at radius 3 is 2.76 bits per heavy atom. The van der Waals surface area contributed by atoms with Crippen LogP contribution in [-0.2, 0) is 4.79 Å². The Balaban J connectivity index is 1.88. The van der Waals surface area contributed by atoms with Gasteiger partial charge in [0.2, 0.25) is 0 Å². The zero-order chi connectivity index (χ0) is 15.2. The van der Waals surface area contributed by atoms with Crippen LogP contribution in [0.2, 0.25) is 0 Å². The zero-order valence-electron chi connectivity index (χ0n) is 11.6. The first-order valence-corrected chi connectivity index (χ1v) is 7.05. The summed E-state index contributed by atoms with van der Waals surface area (Å²) in [6, 6.07) is 4.01. The molecule has 0 bridgehead atoms.